The maximum Gasteiger partial charge on any atom is 0.374 e. The van der Waals surface area contributed by atoms with Gasteiger partial charge in [-0.15, -0.1) is 0 Å². The maximum absolute atomic E-state index is 11.6. The van der Waals surface area contributed by atoms with E-state index < -0.39 is 5.97 Å². The Morgan fingerprint density at radius 3 is 1.33 bits per heavy atom. The van der Waals surface area contributed by atoms with Crippen LogP contribution < -0.4 is 0 Å². The molecule has 0 amide bonds. The molecule has 0 aromatic heterocycles. The first-order valence-electron chi connectivity index (χ1n) is 11.9. The van der Waals surface area contributed by atoms with E-state index in [0.717, 1.165) is 38.5 Å². The van der Waals surface area contributed by atoms with Crippen molar-refractivity contribution >= 4 is 11.8 Å². The molecule has 160 valence electrons. The molecule has 0 unspecified atom stereocenters. The average Bonchev–Trinajstić information content (AvgIpc) is 2.67. The second-order valence-corrected chi connectivity index (χ2v) is 7.97. The van der Waals surface area contributed by atoms with Gasteiger partial charge in [0.25, 0.3) is 0 Å². The Kier molecular flexibility index (Phi) is 20.8. The first kappa shape index (κ1) is 26.1. The molecule has 0 N–H and O–H groups in total. The fourth-order valence-electron chi connectivity index (χ4n) is 3.36. The number of hydrogen-bond acceptors (Lipinski definition) is 3. The van der Waals surface area contributed by atoms with Crippen LogP contribution in [0.1, 0.15) is 136 Å². The van der Waals surface area contributed by atoms with Crippen molar-refractivity contribution in [3.05, 3.63) is 0 Å². The molecule has 0 saturated heterocycles. The molecule has 3 heteroatoms. The van der Waals surface area contributed by atoms with Crippen LogP contribution in [0.15, 0.2) is 0 Å². The van der Waals surface area contributed by atoms with Crippen LogP contribution in [0.5, 0.6) is 0 Å². The minimum Gasteiger partial charge on any atom is -0.460 e. The molecule has 0 fully saturated rings. The molecule has 0 aliphatic carbocycles. The molecule has 27 heavy (non-hydrogen) atoms. The van der Waals surface area contributed by atoms with Crippen LogP contribution in [0.25, 0.3) is 0 Å². The number of rotatable bonds is 21. The Labute approximate surface area is 169 Å². The Hall–Kier alpha value is -0.860. The third kappa shape index (κ3) is 19.7. The van der Waals surface area contributed by atoms with E-state index in [-0.39, 0.29) is 5.78 Å². The molecule has 0 aliphatic rings. The summed E-state index contributed by atoms with van der Waals surface area (Å²) in [4.78, 5) is 23.2. The second-order valence-electron chi connectivity index (χ2n) is 7.97. The van der Waals surface area contributed by atoms with Crippen LogP contribution in [0.2, 0.25) is 0 Å². The molecular formula is C24H46O3. The van der Waals surface area contributed by atoms with E-state index >= 15 is 0 Å². The average molecular weight is 383 g/mol. The molecule has 0 aromatic carbocycles. The third-order valence-electron chi connectivity index (χ3n) is 5.22. The molecule has 0 aliphatic heterocycles. The van der Waals surface area contributed by atoms with E-state index in [0.29, 0.717) is 13.0 Å². The van der Waals surface area contributed by atoms with Gasteiger partial charge in [0.1, 0.15) is 0 Å². The number of ether oxygens (including phenoxy) is 1. The lowest BCUT2D eigenvalue weighted by Crippen LogP contribution is -2.17. The first-order chi connectivity index (χ1) is 13.2. The van der Waals surface area contributed by atoms with Crippen molar-refractivity contribution in [2.75, 3.05) is 6.61 Å². The van der Waals surface area contributed by atoms with Crippen molar-refractivity contribution < 1.29 is 14.3 Å². The zero-order valence-electron chi connectivity index (χ0n) is 18.4. The van der Waals surface area contributed by atoms with Gasteiger partial charge in [-0.1, -0.05) is 117 Å². The van der Waals surface area contributed by atoms with Gasteiger partial charge in [-0.2, -0.15) is 0 Å². The quantitative estimate of drug-likeness (QED) is 0.117. The molecule has 0 spiro atoms. The van der Waals surface area contributed by atoms with E-state index in [1.807, 2.05) is 0 Å². The predicted octanol–water partition coefficient (Wildman–Crippen LogP) is 7.55. The number of carbonyl (C=O) groups is 2. The minimum absolute atomic E-state index is 0.345. The fraction of sp³-hybridized carbons (Fsp3) is 0.917. The molecule has 0 atom stereocenters. The van der Waals surface area contributed by atoms with Crippen molar-refractivity contribution in [3.8, 4) is 0 Å². The standard InChI is InChI=1S/C24H46O3/c1-3-5-7-9-10-11-12-13-14-15-16-17-18-20-22-27-24(26)23(25)21-19-8-6-4-2/h3-22H2,1-2H3. The van der Waals surface area contributed by atoms with Gasteiger partial charge in [0, 0.05) is 6.42 Å². The zero-order valence-corrected chi connectivity index (χ0v) is 18.4. The number of ketones is 1. The summed E-state index contributed by atoms with van der Waals surface area (Å²) in [7, 11) is 0. The highest BCUT2D eigenvalue weighted by Crippen LogP contribution is 2.13. The van der Waals surface area contributed by atoms with Crippen LogP contribution in [-0.4, -0.2) is 18.4 Å². The highest BCUT2D eigenvalue weighted by Gasteiger charge is 2.14. The highest BCUT2D eigenvalue weighted by atomic mass is 16.5. The number of hydrogen-bond donors (Lipinski definition) is 0. The van der Waals surface area contributed by atoms with Gasteiger partial charge in [0.15, 0.2) is 0 Å². The summed E-state index contributed by atoms with van der Waals surface area (Å²) in [6.45, 7) is 4.80. The van der Waals surface area contributed by atoms with Crippen molar-refractivity contribution in [3.63, 3.8) is 0 Å². The summed E-state index contributed by atoms with van der Waals surface area (Å²) in [5, 5.41) is 0. The Balaban J connectivity index is 3.23. The van der Waals surface area contributed by atoms with Crippen LogP contribution in [0, 0.1) is 0 Å². The second kappa shape index (κ2) is 21.4. The van der Waals surface area contributed by atoms with Gasteiger partial charge < -0.3 is 4.74 Å². The van der Waals surface area contributed by atoms with Gasteiger partial charge in [-0.25, -0.2) is 4.79 Å². The van der Waals surface area contributed by atoms with Crippen LogP contribution in [0.4, 0.5) is 0 Å². The van der Waals surface area contributed by atoms with Gasteiger partial charge in [-0.05, 0) is 12.8 Å². The molecule has 0 saturated carbocycles. The zero-order chi connectivity index (χ0) is 20.0. The summed E-state index contributed by atoms with van der Waals surface area (Å²) >= 11 is 0. The highest BCUT2D eigenvalue weighted by molar-refractivity contribution is 6.33. The van der Waals surface area contributed by atoms with Crippen LogP contribution in [-0.2, 0) is 14.3 Å². The molecule has 0 aromatic rings. The lowest BCUT2D eigenvalue weighted by Gasteiger charge is -2.05. The Bertz CT molecular complexity index is 339. The van der Waals surface area contributed by atoms with E-state index in [2.05, 4.69) is 13.8 Å². The first-order valence-corrected chi connectivity index (χ1v) is 11.9. The topological polar surface area (TPSA) is 43.4 Å². The van der Waals surface area contributed by atoms with Crippen molar-refractivity contribution in [2.24, 2.45) is 0 Å². The van der Waals surface area contributed by atoms with Gasteiger partial charge in [0.05, 0.1) is 6.61 Å². The van der Waals surface area contributed by atoms with E-state index in [4.69, 9.17) is 4.74 Å². The molecule has 0 bridgehead atoms. The van der Waals surface area contributed by atoms with Crippen molar-refractivity contribution in [1.82, 2.24) is 0 Å². The van der Waals surface area contributed by atoms with Crippen LogP contribution in [0.3, 0.4) is 0 Å². The molecule has 0 heterocycles. The summed E-state index contributed by atoms with van der Waals surface area (Å²) < 4.78 is 5.08. The summed E-state index contributed by atoms with van der Waals surface area (Å²) in [5.74, 6) is -0.974. The van der Waals surface area contributed by atoms with E-state index in [9.17, 15) is 9.59 Å². The van der Waals surface area contributed by atoms with Crippen LogP contribution >= 0.6 is 0 Å². The van der Waals surface area contributed by atoms with Crippen molar-refractivity contribution in [2.45, 2.75) is 136 Å². The monoisotopic (exact) mass is 382 g/mol. The summed E-state index contributed by atoms with van der Waals surface area (Å²) in [5.41, 5.74) is 0. The van der Waals surface area contributed by atoms with E-state index in [1.165, 1.54) is 77.0 Å². The largest absolute Gasteiger partial charge is 0.460 e. The normalized spacial score (nSPS) is 10.9. The lowest BCUT2D eigenvalue weighted by molar-refractivity contribution is -0.154. The molecule has 3 nitrogen and oxygen atoms in total. The van der Waals surface area contributed by atoms with Crippen molar-refractivity contribution in [1.29, 1.82) is 0 Å². The number of unbranched alkanes of at least 4 members (excludes halogenated alkanes) is 16. The Morgan fingerprint density at radius 2 is 0.889 bits per heavy atom. The van der Waals surface area contributed by atoms with Gasteiger partial charge >= 0.3 is 5.97 Å². The number of Topliss-reactive ketones (excluding diaryl/α,β-unsaturated/α-hetero) is 1. The summed E-state index contributed by atoms with van der Waals surface area (Å²) in [6.07, 6.45) is 22.7. The fourth-order valence-corrected chi connectivity index (χ4v) is 3.36. The third-order valence-corrected chi connectivity index (χ3v) is 5.22. The molecule has 0 rings (SSSR count). The number of carbonyl (C=O) groups excluding carboxylic acids is 2. The molecular weight excluding hydrogens is 336 g/mol. The smallest absolute Gasteiger partial charge is 0.374 e. The Morgan fingerprint density at radius 1 is 0.519 bits per heavy atom. The molecule has 0 radical (unpaired) electrons. The van der Waals surface area contributed by atoms with Gasteiger partial charge in [-0.3, -0.25) is 4.79 Å². The minimum atomic E-state index is -0.624. The summed E-state index contributed by atoms with van der Waals surface area (Å²) in [6, 6.07) is 0. The maximum atomic E-state index is 11.6. The van der Waals surface area contributed by atoms with E-state index in [1.54, 1.807) is 0 Å². The van der Waals surface area contributed by atoms with Gasteiger partial charge in [0.2, 0.25) is 5.78 Å². The SMILES string of the molecule is CCCCCCCCCCCCCCCCOC(=O)C(=O)CCCCCC. The predicted molar refractivity (Wildman–Crippen MR) is 115 cm³/mol. The number of esters is 1. The lowest BCUT2D eigenvalue weighted by atomic mass is 10.0.